The minimum atomic E-state index is -0.0917. The van der Waals surface area contributed by atoms with E-state index in [-0.39, 0.29) is 23.9 Å². The van der Waals surface area contributed by atoms with Crippen molar-refractivity contribution in [2.75, 3.05) is 65.3 Å². The van der Waals surface area contributed by atoms with Crippen LogP contribution in [0, 0.1) is 0 Å². The lowest BCUT2D eigenvalue weighted by Crippen LogP contribution is -2.32. The predicted octanol–water partition coefficient (Wildman–Crippen LogP) is 8.40. The highest BCUT2D eigenvalue weighted by molar-refractivity contribution is 7.22. The lowest BCUT2D eigenvalue weighted by Gasteiger charge is -2.20. The molecule has 2 fully saturated rings. The average molecular weight is 866 g/mol. The first-order chi connectivity index (χ1) is 28.2. The fourth-order valence-corrected chi connectivity index (χ4v) is 9.31. The van der Waals surface area contributed by atoms with Gasteiger partial charge in [0, 0.05) is 43.3 Å². The number of nitrogens with one attached hydrogen (secondary N) is 2. The number of aromatic nitrogens is 2. The van der Waals surface area contributed by atoms with Gasteiger partial charge in [-0.3, -0.25) is 9.59 Å². The van der Waals surface area contributed by atoms with Gasteiger partial charge in [0.15, 0.2) is 10.3 Å². The number of rotatable bonds is 10. The van der Waals surface area contributed by atoms with Crippen LogP contribution in [-0.2, 0) is 4.79 Å². The third kappa shape index (κ3) is 9.34. The predicted molar refractivity (Wildman–Crippen MR) is 231 cm³/mol. The van der Waals surface area contributed by atoms with E-state index in [1.807, 2.05) is 59.1 Å². The highest BCUT2D eigenvalue weighted by Crippen LogP contribution is 2.35. The number of nitrogens with zero attached hydrogens (tertiary/aromatic N) is 4. The third-order valence-corrected chi connectivity index (χ3v) is 12.1. The highest BCUT2D eigenvalue weighted by atomic mass is 35.5. The molecule has 4 heterocycles. The molecule has 58 heavy (non-hydrogen) atoms. The molecule has 2 aliphatic heterocycles. The molecule has 0 saturated carbocycles. The second kappa shape index (κ2) is 19.4. The van der Waals surface area contributed by atoms with Crippen molar-refractivity contribution in [1.29, 1.82) is 0 Å². The second-order valence-electron chi connectivity index (χ2n) is 13.1. The van der Waals surface area contributed by atoms with Gasteiger partial charge in [-0.25, -0.2) is 9.97 Å². The molecule has 0 radical (unpaired) electrons. The maximum atomic E-state index is 13.1. The summed E-state index contributed by atoms with van der Waals surface area (Å²) in [6.45, 7) is 4.50. The largest absolute Gasteiger partial charge is 0.496 e. The van der Waals surface area contributed by atoms with Gasteiger partial charge >= 0.3 is 0 Å². The number of fused-ring (bicyclic) bond motifs is 2. The van der Waals surface area contributed by atoms with E-state index in [9.17, 15) is 9.59 Å². The second-order valence-corrected chi connectivity index (χ2v) is 16.0. The van der Waals surface area contributed by atoms with Crippen molar-refractivity contribution in [3.8, 4) is 23.0 Å². The summed E-state index contributed by atoms with van der Waals surface area (Å²) < 4.78 is 23.6. The number of anilines is 2. The highest BCUT2D eigenvalue weighted by Gasteiger charge is 2.32. The number of ether oxygens (including phenoxy) is 4. The van der Waals surface area contributed by atoms with E-state index in [0.717, 1.165) is 43.5 Å². The molecule has 2 amide bonds. The zero-order chi connectivity index (χ0) is 41.3. The van der Waals surface area contributed by atoms with Gasteiger partial charge in [0.05, 0.1) is 48.4 Å². The van der Waals surface area contributed by atoms with Crippen LogP contribution in [0.15, 0.2) is 72.8 Å². The lowest BCUT2D eigenvalue weighted by atomic mass is 10.1. The molecule has 6 aromatic rings. The summed E-state index contributed by atoms with van der Waals surface area (Å²) in [6.07, 6.45) is 1.69. The van der Waals surface area contributed by atoms with Gasteiger partial charge in [0.2, 0.25) is 0 Å². The molecule has 0 spiro atoms. The molecule has 8 rings (SSSR count). The molecule has 0 aliphatic carbocycles. The van der Waals surface area contributed by atoms with Gasteiger partial charge in [-0.15, -0.1) is 0 Å². The number of benzene rings is 4. The van der Waals surface area contributed by atoms with Crippen LogP contribution in [0.4, 0.5) is 10.3 Å². The molecular formula is C41H42Cl2N6O7S2. The van der Waals surface area contributed by atoms with Crippen molar-refractivity contribution in [2.24, 2.45) is 0 Å². The average Bonchev–Trinajstić information content (AvgIpc) is 4.08. The molecule has 2 N–H and O–H groups in total. The standard InChI is InChI=1S/2C20H20ClN3O3S.CH2O/c1-26-14-6-4-7-15(27-2)17(14)19(25)24-10-9-12(11-24)22-20-23-18-13(21)5-3-8-16(18)28-20;1-26-15-4-3-5-16(27-2)18(15)19(25)24-9-8-13(11-24)22-20-23-14-7-6-12(21)10-17(14)28-20;1-2/h3-8,12H,9-11H2,1-2H3,(H,22,23);3-7,10,13H,8-9,11H2,1-2H3,(H,22,23);1H2/t12-;13-;/m11./s1. The van der Waals surface area contributed by atoms with E-state index < -0.39 is 0 Å². The van der Waals surface area contributed by atoms with Crippen LogP contribution < -0.4 is 29.6 Å². The quantitative estimate of drug-likeness (QED) is 0.137. The summed E-state index contributed by atoms with van der Waals surface area (Å²) in [5.74, 6) is 1.89. The van der Waals surface area contributed by atoms with Crippen LogP contribution in [0.5, 0.6) is 23.0 Å². The summed E-state index contributed by atoms with van der Waals surface area (Å²) in [4.78, 5) is 47.0. The van der Waals surface area contributed by atoms with Crippen LogP contribution in [0.25, 0.3) is 20.4 Å². The van der Waals surface area contributed by atoms with Crippen LogP contribution >= 0.6 is 45.9 Å². The Balaban J connectivity index is 0.000000188. The van der Waals surface area contributed by atoms with E-state index in [2.05, 4.69) is 20.6 Å². The maximum absolute atomic E-state index is 13.1. The fraction of sp³-hybridized carbons (Fsp3) is 0.293. The molecule has 2 atom stereocenters. The lowest BCUT2D eigenvalue weighted by molar-refractivity contribution is -0.0980. The van der Waals surface area contributed by atoms with Crippen molar-refractivity contribution < 1.29 is 33.3 Å². The third-order valence-electron chi connectivity index (χ3n) is 9.61. The van der Waals surface area contributed by atoms with Gasteiger partial charge in [0.25, 0.3) is 11.8 Å². The molecule has 2 saturated heterocycles. The molecule has 0 bridgehead atoms. The Kier molecular flexibility index (Phi) is 14.1. The van der Waals surface area contributed by atoms with E-state index >= 15 is 0 Å². The first-order valence-electron chi connectivity index (χ1n) is 18.1. The van der Waals surface area contributed by atoms with Crippen molar-refractivity contribution in [3.63, 3.8) is 0 Å². The van der Waals surface area contributed by atoms with Crippen LogP contribution in [0.1, 0.15) is 33.6 Å². The summed E-state index contributed by atoms with van der Waals surface area (Å²) in [5, 5.41) is 9.90. The van der Waals surface area contributed by atoms with Crippen molar-refractivity contribution in [3.05, 3.63) is 94.0 Å². The number of likely N-dealkylation sites (tertiary alicyclic amines) is 2. The molecule has 2 aromatic heterocycles. The fourth-order valence-electron chi connectivity index (χ4n) is 6.85. The molecule has 17 heteroatoms. The van der Waals surface area contributed by atoms with E-state index in [0.29, 0.717) is 70.3 Å². The van der Waals surface area contributed by atoms with E-state index in [1.165, 1.54) is 0 Å². The SMILES string of the molecule is C=O.COc1cccc(OC)c1C(=O)N1CC[C@@H](Nc2nc3c(Cl)cccc3s2)C1.COc1cccc(OC)c1C(=O)N1CC[C@@H](Nc2nc3ccc(Cl)cc3s2)C1. The number of halogens is 2. The number of hydrogen-bond donors (Lipinski definition) is 2. The number of methoxy groups -OCH3 is 4. The number of thiazole rings is 2. The molecule has 2 aliphatic rings. The zero-order valence-electron chi connectivity index (χ0n) is 32.3. The van der Waals surface area contributed by atoms with E-state index in [4.69, 9.17) is 46.9 Å². The first-order valence-corrected chi connectivity index (χ1v) is 20.5. The monoisotopic (exact) mass is 864 g/mol. The number of carbonyl (C=O) groups excluding carboxylic acids is 3. The van der Waals surface area contributed by atoms with Crippen LogP contribution in [0.3, 0.4) is 0 Å². The van der Waals surface area contributed by atoms with Crippen molar-refractivity contribution in [1.82, 2.24) is 19.8 Å². The van der Waals surface area contributed by atoms with Crippen LogP contribution in [0.2, 0.25) is 10.0 Å². The summed E-state index contributed by atoms with van der Waals surface area (Å²) in [5.41, 5.74) is 2.64. The van der Waals surface area contributed by atoms with Crippen LogP contribution in [-0.4, -0.2) is 105 Å². The first kappa shape index (κ1) is 42.3. The molecule has 0 unspecified atom stereocenters. The van der Waals surface area contributed by atoms with Crippen molar-refractivity contribution >= 4 is 95.2 Å². The van der Waals surface area contributed by atoms with Gasteiger partial charge < -0.3 is 44.2 Å². The smallest absolute Gasteiger partial charge is 0.261 e. The Morgan fingerprint density at radius 3 is 1.62 bits per heavy atom. The zero-order valence-corrected chi connectivity index (χ0v) is 35.4. The molecular weight excluding hydrogens is 824 g/mol. The molecule has 13 nitrogen and oxygen atoms in total. The summed E-state index contributed by atoms with van der Waals surface area (Å²) in [7, 11) is 6.22. The number of carbonyl (C=O) groups is 3. The number of hydrogen-bond acceptors (Lipinski definition) is 13. The maximum Gasteiger partial charge on any atom is 0.261 e. The van der Waals surface area contributed by atoms with Crippen molar-refractivity contribution in [2.45, 2.75) is 24.9 Å². The van der Waals surface area contributed by atoms with Gasteiger partial charge in [-0.05, 0) is 67.4 Å². The minimum absolute atomic E-state index is 0.0883. The number of para-hydroxylation sites is 1. The number of amides is 2. The summed E-state index contributed by atoms with van der Waals surface area (Å²) >= 11 is 15.4. The van der Waals surface area contributed by atoms with E-state index in [1.54, 1.807) is 81.4 Å². The van der Waals surface area contributed by atoms with Gasteiger partial charge in [-0.1, -0.05) is 64.1 Å². The summed E-state index contributed by atoms with van der Waals surface area (Å²) in [6, 6.07) is 22.4. The Hall–Kier alpha value is -5.35. The Morgan fingerprint density at radius 1 is 0.672 bits per heavy atom. The van der Waals surface area contributed by atoms with Gasteiger partial charge in [0.1, 0.15) is 46.4 Å². The Labute approximate surface area is 353 Å². The Bertz CT molecular complexity index is 2350. The molecule has 4 aromatic carbocycles. The minimum Gasteiger partial charge on any atom is -0.496 e. The topological polar surface area (TPSA) is 144 Å². The molecule has 304 valence electrons. The van der Waals surface area contributed by atoms with Gasteiger partial charge in [-0.2, -0.15) is 0 Å². The normalized spacial score (nSPS) is 15.9. The Morgan fingerprint density at radius 2 is 1.14 bits per heavy atom.